The third kappa shape index (κ3) is 4.56. The van der Waals surface area contributed by atoms with Crippen molar-refractivity contribution in [2.24, 2.45) is 0 Å². The molecular formula is C12H13F3N2OS. The summed E-state index contributed by atoms with van der Waals surface area (Å²) >= 11 is 0. The standard InChI is InChI=1S/C12H13F3N2OS/c1-2-19(18)6-5-17-10-4-3-9(8-16)11(7-10)12(13,14)15/h3-4,7,17H,2,5-6H2,1H3. The third-order valence-corrected chi connectivity index (χ3v) is 3.73. The van der Waals surface area contributed by atoms with E-state index in [-0.39, 0.29) is 5.69 Å². The van der Waals surface area contributed by atoms with Crippen LogP contribution < -0.4 is 5.32 Å². The normalized spacial score (nSPS) is 12.8. The Kier molecular flexibility index (Phi) is 5.36. The second-order valence-corrected chi connectivity index (χ2v) is 5.59. The molecule has 0 bridgehead atoms. The van der Waals surface area contributed by atoms with Gasteiger partial charge in [-0.3, -0.25) is 4.21 Å². The Morgan fingerprint density at radius 3 is 2.63 bits per heavy atom. The van der Waals surface area contributed by atoms with E-state index in [1.54, 1.807) is 6.92 Å². The maximum absolute atomic E-state index is 12.7. The zero-order valence-corrected chi connectivity index (χ0v) is 11.1. The van der Waals surface area contributed by atoms with Crippen LogP contribution >= 0.6 is 0 Å². The average molecular weight is 290 g/mol. The molecule has 1 atom stereocenters. The highest BCUT2D eigenvalue weighted by Gasteiger charge is 2.33. The van der Waals surface area contributed by atoms with Gasteiger partial charge in [0.05, 0.1) is 17.2 Å². The van der Waals surface area contributed by atoms with E-state index < -0.39 is 28.1 Å². The molecule has 0 saturated heterocycles. The number of hydrogen-bond donors (Lipinski definition) is 1. The first-order valence-electron chi connectivity index (χ1n) is 5.58. The van der Waals surface area contributed by atoms with Gasteiger partial charge in [0, 0.05) is 34.5 Å². The Morgan fingerprint density at radius 1 is 1.42 bits per heavy atom. The number of halogens is 3. The van der Waals surface area contributed by atoms with Crippen LogP contribution in [0.15, 0.2) is 18.2 Å². The van der Waals surface area contributed by atoms with Gasteiger partial charge in [-0.25, -0.2) is 0 Å². The fourth-order valence-corrected chi connectivity index (χ4v) is 2.06. The Morgan fingerprint density at radius 2 is 2.11 bits per heavy atom. The molecular weight excluding hydrogens is 277 g/mol. The molecule has 19 heavy (non-hydrogen) atoms. The summed E-state index contributed by atoms with van der Waals surface area (Å²) in [4.78, 5) is 0. The highest BCUT2D eigenvalue weighted by molar-refractivity contribution is 7.84. The van der Waals surface area contributed by atoms with Crippen molar-refractivity contribution in [2.75, 3.05) is 23.4 Å². The van der Waals surface area contributed by atoms with Crippen LogP contribution in [0, 0.1) is 11.3 Å². The zero-order chi connectivity index (χ0) is 14.5. The Balaban J connectivity index is 2.82. The molecule has 0 aromatic heterocycles. The van der Waals surface area contributed by atoms with Gasteiger partial charge in [0.15, 0.2) is 0 Å². The lowest BCUT2D eigenvalue weighted by Gasteiger charge is -2.12. The van der Waals surface area contributed by atoms with Gasteiger partial charge in [0.1, 0.15) is 0 Å². The lowest BCUT2D eigenvalue weighted by atomic mass is 10.1. The highest BCUT2D eigenvalue weighted by Crippen LogP contribution is 2.33. The van der Waals surface area contributed by atoms with E-state index in [4.69, 9.17) is 5.26 Å². The third-order valence-electron chi connectivity index (χ3n) is 2.43. The number of nitrogens with zero attached hydrogens (tertiary/aromatic N) is 1. The van der Waals surface area contributed by atoms with Crippen molar-refractivity contribution in [3.63, 3.8) is 0 Å². The van der Waals surface area contributed by atoms with Crippen LogP contribution in [0.3, 0.4) is 0 Å². The highest BCUT2D eigenvalue weighted by atomic mass is 32.2. The van der Waals surface area contributed by atoms with Gasteiger partial charge >= 0.3 is 6.18 Å². The van der Waals surface area contributed by atoms with Gasteiger partial charge in [0.25, 0.3) is 0 Å². The molecule has 0 heterocycles. The molecule has 104 valence electrons. The lowest BCUT2D eigenvalue weighted by molar-refractivity contribution is -0.137. The maximum Gasteiger partial charge on any atom is 0.417 e. The summed E-state index contributed by atoms with van der Waals surface area (Å²) in [6.45, 7) is 2.10. The largest absolute Gasteiger partial charge is 0.417 e. The SMILES string of the molecule is CCS(=O)CCNc1ccc(C#N)c(C(F)(F)F)c1. The van der Waals surface area contributed by atoms with E-state index in [9.17, 15) is 17.4 Å². The topological polar surface area (TPSA) is 52.9 Å². The van der Waals surface area contributed by atoms with E-state index in [1.807, 2.05) is 0 Å². The van der Waals surface area contributed by atoms with Gasteiger partial charge < -0.3 is 5.32 Å². The van der Waals surface area contributed by atoms with Crippen molar-refractivity contribution in [2.45, 2.75) is 13.1 Å². The number of nitriles is 1. The summed E-state index contributed by atoms with van der Waals surface area (Å²) in [7, 11) is -0.966. The number of benzene rings is 1. The second-order valence-electron chi connectivity index (χ2n) is 3.73. The Labute approximate surface area is 111 Å². The second kappa shape index (κ2) is 6.57. The van der Waals surface area contributed by atoms with Crippen LogP contribution in [0.5, 0.6) is 0 Å². The number of anilines is 1. The first kappa shape index (κ1) is 15.5. The summed E-state index contributed by atoms with van der Waals surface area (Å²) in [5, 5.41) is 11.4. The quantitative estimate of drug-likeness (QED) is 0.907. The van der Waals surface area contributed by atoms with E-state index in [2.05, 4.69) is 5.32 Å². The molecule has 0 aliphatic carbocycles. The van der Waals surface area contributed by atoms with Crippen molar-refractivity contribution >= 4 is 16.5 Å². The predicted octanol–water partition coefficient (Wildman–Crippen LogP) is 2.76. The molecule has 1 aromatic carbocycles. The Hall–Kier alpha value is -1.55. The molecule has 1 rings (SSSR count). The molecule has 0 aliphatic rings. The number of rotatable bonds is 5. The monoisotopic (exact) mass is 290 g/mol. The minimum absolute atomic E-state index is 0.263. The van der Waals surface area contributed by atoms with Gasteiger partial charge in [-0.2, -0.15) is 18.4 Å². The minimum atomic E-state index is -4.56. The van der Waals surface area contributed by atoms with Gasteiger partial charge in [-0.1, -0.05) is 6.92 Å². The minimum Gasteiger partial charge on any atom is -0.384 e. The molecule has 1 N–H and O–H groups in total. The van der Waals surface area contributed by atoms with Crippen molar-refractivity contribution < 1.29 is 17.4 Å². The van der Waals surface area contributed by atoms with Crippen molar-refractivity contribution in [1.82, 2.24) is 0 Å². The van der Waals surface area contributed by atoms with Crippen molar-refractivity contribution in [3.05, 3.63) is 29.3 Å². The van der Waals surface area contributed by atoms with E-state index in [0.717, 1.165) is 12.1 Å². The molecule has 1 aromatic rings. The fraction of sp³-hybridized carbons (Fsp3) is 0.417. The summed E-state index contributed by atoms with van der Waals surface area (Å²) in [6.07, 6.45) is -4.56. The van der Waals surface area contributed by atoms with Crippen LogP contribution in [0.1, 0.15) is 18.1 Å². The summed E-state index contributed by atoms with van der Waals surface area (Å²) < 4.78 is 49.3. The van der Waals surface area contributed by atoms with Crippen LogP contribution in [0.25, 0.3) is 0 Å². The molecule has 0 aliphatic heterocycles. The summed E-state index contributed by atoms with van der Waals surface area (Å²) in [5.41, 5.74) is -1.11. The van der Waals surface area contributed by atoms with Gasteiger partial charge in [-0.15, -0.1) is 0 Å². The van der Waals surface area contributed by atoms with Crippen LogP contribution in [0.4, 0.5) is 18.9 Å². The number of alkyl halides is 3. The average Bonchev–Trinajstić information content (AvgIpc) is 2.37. The van der Waals surface area contributed by atoms with Gasteiger partial charge in [-0.05, 0) is 18.2 Å². The molecule has 0 spiro atoms. The van der Waals surface area contributed by atoms with Crippen LogP contribution in [-0.4, -0.2) is 22.3 Å². The van der Waals surface area contributed by atoms with E-state index in [1.165, 1.54) is 12.1 Å². The molecule has 7 heteroatoms. The first-order valence-corrected chi connectivity index (χ1v) is 7.07. The van der Waals surface area contributed by atoms with Gasteiger partial charge in [0.2, 0.25) is 0 Å². The fourth-order valence-electron chi connectivity index (χ4n) is 1.44. The van der Waals surface area contributed by atoms with E-state index >= 15 is 0 Å². The summed E-state index contributed by atoms with van der Waals surface area (Å²) in [6, 6.07) is 4.94. The van der Waals surface area contributed by atoms with Crippen LogP contribution in [0.2, 0.25) is 0 Å². The number of nitrogens with one attached hydrogen (secondary N) is 1. The molecule has 0 saturated carbocycles. The molecule has 0 fully saturated rings. The zero-order valence-electron chi connectivity index (χ0n) is 10.3. The van der Waals surface area contributed by atoms with E-state index in [0.29, 0.717) is 18.1 Å². The molecule has 0 radical (unpaired) electrons. The maximum atomic E-state index is 12.7. The predicted molar refractivity (Wildman–Crippen MR) is 68.2 cm³/mol. The smallest absolute Gasteiger partial charge is 0.384 e. The Bertz CT molecular complexity index is 509. The first-order chi connectivity index (χ1) is 8.88. The molecule has 1 unspecified atom stereocenters. The lowest BCUT2D eigenvalue weighted by Crippen LogP contribution is -2.13. The molecule has 3 nitrogen and oxygen atoms in total. The molecule has 0 amide bonds. The van der Waals surface area contributed by atoms with Crippen molar-refractivity contribution in [3.8, 4) is 6.07 Å². The van der Waals surface area contributed by atoms with Crippen LogP contribution in [-0.2, 0) is 17.0 Å². The van der Waals surface area contributed by atoms with Crippen molar-refractivity contribution in [1.29, 1.82) is 5.26 Å². The summed E-state index contributed by atoms with van der Waals surface area (Å²) in [5.74, 6) is 0.890. The number of hydrogen-bond acceptors (Lipinski definition) is 3.